The van der Waals surface area contributed by atoms with Gasteiger partial charge in [-0.15, -0.1) is 0 Å². The monoisotopic (exact) mass is 250 g/mol. The van der Waals surface area contributed by atoms with E-state index in [1.165, 1.54) is 18.2 Å². The topological polar surface area (TPSA) is 110 Å². The van der Waals surface area contributed by atoms with Crippen LogP contribution in [0, 0.1) is 16.0 Å². The molecule has 18 heavy (non-hydrogen) atoms. The fourth-order valence-corrected chi connectivity index (χ4v) is 1.74. The van der Waals surface area contributed by atoms with Crippen LogP contribution in [0.5, 0.6) is 0 Å². The number of amides is 1. The first-order valence-electron chi connectivity index (χ1n) is 5.61. The molecule has 2 rings (SSSR count). The Hall–Kier alpha value is -2.15. The summed E-state index contributed by atoms with van der Waals surface area (Å²) < 4.78 is 0. The van der Waals surface area contributed by atoms with Crippen LogP contribution in [0.3, 0.4) is 0 Å². The van der Waals surface area contributed by atoms with Crippen molar-refractivity contribution in [1.82, 2.24) is 10.6 Å². The van der Waals surface area contributed by atoms with E-state index in [0.717, 1.165) is 13.1 Å². The second-order valence-corrected chi connectivity index (χ2v) is 4.23. The number of nitrogens with two attached hydrogens (primary N) is 1. The number of rotatable bonds is 4. The summed E-state index contributed by atoms with van der Waals surface area (Å²) >= 11 is 0. The van der Waals surface area contributed by atoms with E-state index in [9.17, 15) is 14.9 Å². The lowest BCUT2D eigenvalue weighted by Gasteiger charge is -2.27. The van der Waals surface area contributed by atoms with E-state index in [1.807, 2.05) is 0 Å². The van der Waals surface area contributed by atoms with Crippen LogP contribution in [0.2, 0.25) is 0 Å². The number of nitrogens with one attached hydrogen (secondary N) is 2. The lowest BCUT2D eigenvalue weighted by Crippen LogP contribution is -2.48. The Morgan fingerprint density at radius 3 is 2.83 bits per heavy atom. The molecule has 0 aliphatic carbocycles. The van der Waals surface area contributed by atoms with Crippen LogP contribution in [0.25, 0.3) is 0 Å². The van der Waals surface area contributed by atoms with Crippen LogP contribution < -0.4 is 16.4 Å². The molecule has 0 saturated carbocycles. The number of nitrogens with zero attached hydrogens (tertiary/aromatic N) is 1. The van der Waals surface area contributed by atoms with Gasteiger partial charge in [0.25, 0.3) is 11.6 Å². The number of para-hydroxylation sites is 1. The molecule has 1 saturated heterocycles. The summed E-state index contributed by atoms with van der Waals surface area (Å²) in [4.78, 5) is 22.0. The number of hydrogen-bond donors (Lipinski definition) is 3. The van der Waals surface area contributed by atoms with E-state index >= 15 is 0 Å². The number of hydrogen-bond acceptors (Lipinski definition) is 5. The Labute approximate surface area is 104 Å². The highest BCUT2D eigenvalue weighted by Crippen LogP contribution is 2.24. The molecule has 1 aliphatic rings. The van der Waals surface area contributed by atoms with Crippen molar-refractivity contribution in [2.24, 2.45) is 5.92 Å². The predicted molar refractivity (Wildman–Crippen MR) is 66.2 cm³/mol. The maximum atomic E-state index is 11.9. The fraction of sp³-hybridized carbons (Fsp3) is 0.364. The Morgan fingerprint density at radius 2 is 2.28 bits per heavy atom. The van der Waals surface area contributed by atoms with Gasteiger partial charge in [0.05, 0.1) is 10.5 Å². The van der Waals surface area contributed by atoms with Gasteiger partial charge >= 0.3 is 0 Å². The van der Waals surface area contributed by atoms with Gasteiger partial charge in [-0.25, -0.2) is 0 Å². The summed E-state index contributed by atoms with van der Waals surface area (Å²) in [6.45, 7) is 2.31. The molecular formula is C11H14N4O3. The molecule has 1 aliphatic heterocycles. The Morgan fingerprint density at radius 1 is 1.56 bits per heavy atom. The van der Waals surface area contributed by atoms with Crippen LogP contribution >= 0.6 is 0 Å². The Bertz CT molecular complexity index is 485. The van der Waals surface area contributed by atoms with Crippen molar-refractivity contribution in [2.75, 3.05) is 25.4 Å². The zero-order valence-corrected chi connectivity index (χ0v) is 9.68. The van der Waals surface area contributed by atoms with E-state index < -0.39 is 4.92 Å². The standard InChI is InChI=1S/C11H14N4O3/c12-10-8(2-1-3-9(10)15(17)18)11(16)14-6-7-4-13-5-7/h1-3,7,13H,4-6,12H2,(H,14,16). The summed E-state index contributed by atoms with van der Waals surface area (Å²) in [5.74, 6) is 0.0528. The lowest BCUT2D eigenvalue weighted by atomic mass is 10.0. The number of benzene rings is 1. The molecule has 0 atom stereocenters. The number of anilines is 1. The lowest BCUT2D eigenvalue weighted by molar-refractivity contribution is -0.383. The summed E-state index contributed by atoms with van der Waals surface area (Å²) in [5, 5.41) is 16.5. The van der Waals surface area contributed by atoms with Crippen LogP contribution in [0.1, 0.15) is 10.4 Å². The first-order valence-corrected chi connectivity index (χ1v) is 5.61. The van der Waals surface area contributed by atoms with Gasteiger partial charge in [0.15, 0.2) is 0 Å². The molecule has 1 fully saturated rings. The second-order valence-electron chi connectivity index (χ2n) is 4.23. The molecule has 1 aromatic carbocycles. The zero-order valence-electron chi connectivity index (χ0n) is 9.68. The summed E-state index contributed by atoms with van der Waals surface area (Å²) in [7, 11) is 0. The van der Waals surface area contributed by atoms with Crippen molar-refractivity contribution < 1.29 is 9.72 Å². The van der Waals surface area contributed by atoms with Crippen LogP contribution in [0.15, 0.2) is 18.2 Å². The zero-order chi connectivity index (χ0) is 13.1. The highest BCUT2D eigenvalue weighted by molar-refractivity contribution is 6.00. The molecule has 0 bridgehead atoms. The first kappa shape index (κ1) is 12.3. The minimum absolute atomic E-state index is 0.0910. The number of nitro groups is 1. The van der Waals surface area contributed by atoms with Gasteiger partial charge in [0.2, 0.25) is 0 Å². The van der Waals surface area contributed by atoms with Crippen molar-refractivity contribution in [3.8, 4) is 0 Å². The summed E-state index contributed by atoms with van der Waals surface area (Å²) in [6, 6.07) is 4.22. The predicted octanol–water partition coefficient (Wildman–Crippen LogP) is 0.126. The van der Waals surface area contributed by atoms with Crippen LogP contribution in [-0.2, 0) is 0 Å². The fourth-order valence-electron chi connectivity index (χ4n) is 1.74. The molecule has 96 valence electrons. The summed E-state index contributed by atoms with van der Waals surface area (Å²) in [6.07, 6.45) is 0. The molecule has 7 heteroatoms. The van der Waals surface area contributed by atoms with Gasteiger partial charge in [-0.3, -0.25) is 14.9 Å². The third kappa shape index (κ3) is 2.40. The molecule has 7 nitrogen and oxygen atoms in total. The van der Waals surface area contributed by atoms with Crippen molar-refractivity contribution >= 4 is 17.3 Å². The summed E-state index contributed by atoms with van der Waals surface area (Å²) in [5.41, 5.74) is 5.44. The molecular weight excluding hydrogens is 236 g/mol. The van der Waals surface area contributed by atoms with E-state index in [2.05, 4.69) is 10.6 Å². The van der Waals surface area contributed by atoms with Crippen molar-refractivity contribution in [3.63, 3.8) is 0 Å². The minimum atomic E-state index is -0.595. The first-order chi connectivity index (χ1) is 8.59. The van der Waals surface area contributed by atoms with E-state index in [0.29, 0.717) is 12.5 Å². The van der Waals surface area contributed by atoms with Crippen LogP contribution in [0.4, 0.5) is 11.4 Å². The van der Waals surface area contributed by atoms with Crippen molar-refractivity contribution in [1.29, 1.82) is 0 Å². The van der Waals surface area contributed by atoms with Crippen molar-refractivity contribution in [2.45, 2.75) is 0 Å². The number of carbonyl (C=O) groups excluding carboxylic acids is 1. The normalized spacial score (nSPS) is 14.9. The Kier molecular flexibility index (Phi) is 3.42. The second kappa shape index (κ2) is 5.01. The quantitative estimate of drug-likeness (QED) is 0.399. The van der Waals surface area contributed by atoms with Gasteiger partial charge < -0.3 is 16.4 Å². The van der Waals surface area contributed by atoms with Gasteiger partial charge in [-0.05, 0) is 6.07 Å². The highest BCUT2D eigenvalue weighted by Gasteiger charge is 2.21. The molecule has 4 N–H and O–H groups in total. The van der Waals surface area contributed by atoms with E-state index in [1.54, 1.807) is 0 Å². The van der Waals surface area contributed by atoms with E-state index in [4.69, 9.17) is 5.73 Å². The van der Waals surface area contributed by atoms with Gasteiger partial charge in [0.1, 0.15) is 5.69 Å². The molecule has 1 aromatic rings. The molecule has 1 amide bonds. The van der Waals surface area contributed by atoms with Crippen LogP contribution in [-0.4, -0.2) is 30.5 Å². The molecule has 0 unspecified atom stereocenters. The number of nitrogen functional groups attached to an aromatic ring is 1. The minimum Gasteiger partial charge on any atom is -0.393 e. The van der Waals surface area contributed by atoms with Crippen molar-refractivity contribution in [3.05, 3.63) is 33.9 Å². The average Bonchev–Trinajstić information content (AvgIpc) is 2.26. The maximum Gasteiger partial charge on any atom is 0.292 e. The van der Waals surface area contributed by atoms with E-state index in [-0.39, 0.29) is 22.8 Å². The molecule has 0 aromatic heterocycles. The molecule has 0 spiro atoms. The van der Waals surface area contributed by atoms with Gasteiger partial charge in [-0.2, -0.15) is 0 Å². The smallest absolute Gasteiger partial charge is 0.292 e. The number of nitro benzene ring substituents is 1. The van der Waals surface area contributed by atoms with Gasteiger partial charge in [-0.1, -0.05) is 6.07 Å². The number of carbonyl (C=O) groups is 1. The molecule has 1 heterocycles. The molecule has 0 radical (unpaired) electrons. The SMILES string of the molecule is Nc1c(C(=O)NCC2CNC2)cccc1[N+](=O)[O-]. The third-order valence-electron chi connectivity index (χ3n) is 2.94. The third-order valence-corrected chi connectivity index (χ3v) is 2.94. The largest absolute Gasteiger partial charge is 0.393 e. The average molecular weight is 250 g/mol. The van der Waals surface area contributed by atoms with Gasteiger partial charge in [0, 0.05) is 31.6 Å². The highest BCUT2D eigenvalue weighted by atomic mass is 16.6. The Balaban J connectivity index is 2.09. The maximum absolute atomic E-state index is 11.9.